The molecule has 128 valence electrons. The summed E-state index contributed by atoms with van der Waals surface area (Å²) in [4.78, 5) is 11.9. The number of amides is 1. The van der Waals surface area contributed by atoms with Crippen LogP contribution in [0.4, 0.5) is 20.6 Å². The number of hydrogen-bond donors (Lipinski definition) is 3. The van der Waals surface area contributed by atoms with Crippen LogP contribution in [0, 0.1) is 5.82 Å². The normalized spacial score (nSPS) is 18.3. The third kappa shape index (κ3) is 6.06. The molecule has 1 aromatic carbocycles. The van der Waals surface area contributed by atoms with Crippen molar-refractivity contribution in [3.63, 3.8) is 0 Å². The number of carbonyl (C=O) groups is 1. The predicted octanol–water partition coefficient (Wildman–Crippen LogP) is 3.73. The second kappa shape index (κ2) is 7.64. The molecule has 1 fully saturated rings. The van der Waals surface area contributed by atoms with Crippen molar-refractivity contribution in [1.82, 2.24) is 5.32 Å². The molecule has 0 radical (unpaired) electrons. The van der Waals surface area contributed by atoms with E-state index < -0.39 is 11.7 Å². The highest BCUT2D eigenvalue weighted by Gasteiger charge is 2.18. The van der Waals surface area contributed by atoms with Gasteiger partial charge in [-0.2, -0.15) is 0 Å². The van der Waals surface area contributed by atoms with Gasteiger partial charge < -0.3 is 15.4 Å². The molecule has 0 saturated carbocycles. The van der Waals surface area contributed by atoms with Crippen LogP contribution in [0.15, 0.2) is 18.2 Å². The summed E-state index contributed by atoms with van der Waals surface area (Å²) in [6.07, 6.45) is 2.94. The lowest BCUT2D eigenvalue weighted by Crippen LogP contribution is -2.39. The van der Waals surface area contributed by atoms with Gasteiger partial charge in [0, 0.05) is 12.6 Å². The summed E-state index contributed by atoms with van der Waals surface area (Å²) < 4.78 is 18.8. The Balaban J connectivity index is 2.00. The zero-order chi connectivity index (χ0) is 16.9. The molecule has 1 atom stereocenters. The highest BCUT2D eigenvalue weighted by atomic mass is 19.1. The molecule has 0 bridgehead atoms. The first kappa shape index (κ1) is 17.5. The van der Waals surface area contributed by atoms with Crippen molar-refractivity contribution < 1.29 is 13.9 Å². The number of rotatable bonds is 4. The molecule has 1 aliphatic rings. The molecule has 5 nitrogen and oxygen atoms in total. The van der Waals surface area contributed by atoms with Gasteiger partial charge in [-0.3, -0.25) is 5.32 Å². The third-order valence-electron chi connectivity index (χ3n) is 3.57. The average molecular weight is 323 g/mol. The van der Waals surface area contributed by atoms with E-state index in [1.165, 1.54) is 31.0 Å². The molecule has 6 heteroatoms. The third-order valence-corrected chi connectivity index (χ3v) is 3.57. The first-order valence-corrected chi connectivity index (χ1v) is 8.10. The molecule has 0 aromatic heterocycles. The molecular weight excluding hydrogens is 297 g/mol. The summed E-state index contributed by atoms with van der Waals surface area (Å²) >= 11 is 0. The molecule has 1 heterocycles. The Morgan fingerprint density at radius 2 is 2.13 bits per heavy atom. The number of hydrogen-bond acceptors (Lipinski definition) is 4. The zero-order valence-electron chi connectivity index (χ0n) is 14.0. The SMILES string of the molecule is CC(C)(C)OC(=O)Nc1ccc(F)cc1NCC1CCCCN1. The minimum atomic E-state index is -0.580. The van der Waals surface area contributed by atoms with Crippen LogP contribution in [0.3, 0.4) is 0 Å². The number of ether oxygens (including phenoxy) is 1. The van der Waals surface area contributed by atoms with Crippen molar-refractivity contribution in [2.75, 3.05) is 23.7 Å². The van der Waals surface area contributed by atoms with E-state index in [1.807, 2.05) is 0 Å². The van der Waals surface area contributed by atoms with Crippen molar-refractivity contribution in [2.24, 2.45) is 0 Å². The van der Waals surface area contributed by atoms with E-state index in [9.17, 15) is 9.18 Å². The van der Waals surface area contributed by atoms with Crippen LogP contribution in [-0.4, -0.2) is 30.8 Å². The Bertz CT molecular complexity index is 537. The van der Waals surface area contributed by atoms with Crippen molar-refractivity contribution in [3.05, 3.63) is 24.0 Å². The molecule has 1 aromatic rings. The Kier molecular flexibility index (Phi) is 5.82. The molecule has 0 spiro atoms. The minimum absolute atomic E-state index is 0.348. The lowest BCUT2D eigenvalue weighted by Gasteiger charge is -2.25. The van der Waals surface area contributed by atoms with Gasteiger partial charge in [-0.25, -0.2) is 9.18 Å². The van der Waals surface area contributed by atoms with E-state index in [1.54, 1.807) is 20.8 Å². The maximum atomic E-state index is 13.5. The van der Waals surface area contributed by atoms with Crippen molar-refractivity contribution >= 4 is 17.5 Å². The quantitative estimate of drug-likeness (QED) is 0.790. The van der Waals surface area contributed by atoms with E-state index >= 15 is 0 Å². The highest BCUT2D eigenvalue weighted by molar-refractivity contribution is 5.89. The van der Waals surface area contributed by atoms with Crippen LogP contribution >= 0.6 is 0 Å². The first-order chi connectivity index (χ1) is 10.8. The Labute approximate surface area is 137 Å². The van der Waals surface area contributed by atoms with Crippen LogP contribution in [0.1, 0.15) is 40.0 Å². The largest absolute Gasteiger partial charge is 0.444 e. The lowest BCUT2D eigenvalue weighted by atomic mass is 10.1. The number of halogens is 1. The first-order valence-electron chi connectivity index (χ1n) is 8.10. The van der Waals surface area contributed by atoms with E-state index in [-0.39, 0.29) is 5.82 Å². The van der Waals surface area contributed by atoms with Crippen molar-refractivity contribution in [2.45, 2.75) is 51.7 Å². The standard InChI is InChI=1S/C17H26FN3O2/c1-17(2,3)23-16(22)21-14-8-7-12(18)10-15(14)20-11-13-6-4-5-9-19-13/h7-8,10,13,19-20H,4-6,9,11H2,1-3H3,(H,21,22). The summed E-state index contributed by atoms with van der Waals surface area (Å²) in [6.45, 7) is 7.09. The van der Waals surface area contributed by atoms with Crippen LogP contribution < -0.4 is 16.0 Å². The molecule has 1 amide bonds. The minimum Gasteiger partial charge on any atom is -0.444 e. The van der Waals surface area contributed by atoms with Gasteiger partial charge in [-0.1, -0.05) is 6.42 Å². The summed E-state index contributed by atoms with van der Waals surface area (Å²) in [6, 6.07) is 4.60. The van der Waals surface area contributed by atoms with Crippen LogP contribution in [0.2, 0.25) is 0 Å². The maximum absolute atomic E-state index is 13.5. The number of benzene rings is 1. The predicted molar refractivity (Wildman–Crippen MR) is 90.4 cm³/mol. The van der Waals surface area contributed by atoms with Crippen LogP contribution in [0.5, 0.6) is 0 Å². The fraction of sp³-hybridized carbons (Fsp3) is 0.588. The molecule has 2 rings (SSSR count). The molecular formula is C17H26FN3O2. The second-order valence-corrected chi connectivity index (χ2v) is 6.84. The molecule has 1 saturated heterocycles. The van der Waals surface area contributed by atoms with Gasteiger partial charge >= 0.3 is 6.09 Å². The van der Waals surface area contributed by atoms with E-state index in [0.717, 1.165) is 13.0 Å². The van der Waals surface area contributed by atoms with E-state index in [0.29, 0.717) is 24.0 Å². The Morgan fingerprint density at radius 3 is 2.78 bits per heavy atom. The lowest BCUT2D eigenvalue weighted by molar-refractivity contribution is 0.0636. The Morgan fingerprint density at radius 1 is 1.35 bits per heavy atom. The zero-order valence-corrected chi connectivity index (χ0v) is 14.0. The number of anilines is 2. The molecule has 1 unspecified atom stereocenters. The second-order valence-electron chi connectivity index (χ2n) is 6.84. The van der Waals surface area contributed by atoms with Crippen molar-refractivity contribution in [3.8, 4) is 0 Å². The van der Waals surface area contributed by atoms with Gasteiger partial charge in [0.15, 0.2) is 0 Å². The molecule has 1 aliphatic heterocycles. The van der Waals surface area contributed by atoms with Gasteiger partial charge in [-0.05, 0) is 58.4 Å². The fourth-order valence-electron chi connectivity index (χ4n) is 2.52. The number of nitrogens with one attached hydrogen (secondary N) is 3. The fourth-order valence-corrected chi connectivity index (χ4v) is 2.52. The summed E-state index contributed by atoms with van der Waals surface area (Å²) in [5.41, 5.74) is 0.490. The van der Waals surface area contributed by atoms with Crippen LogP contribution in [-0.2, 0) is 4.74 Å². The smallest absolute Gasteiger partial charge is 0.412 e. The number of carbonyl (C=O) groups excluding carboxylic acids is 1. The summed E-state index contributed by atoms with van der Waals surface area (Å²) in [5.74, 6) is -0.348. The maximum Gasteiger partial charge on any atom is 0.412 e. The topological polar surface area (TPSA) is 62.4 Å². The summed E-state index contributed by atoms with van der Waals surface area (Å²) in [5, 5.41) is 9.32. The van der Waals surface area contributed by atoms with Gasteiger partial charge in [0.05, 0.1) is 11.4 Å². The van der Waals surface area contributed by atoms with Gasteiger partial charge in [0.25, 0.3) is 0 Å². The Hall–Kier alpha value is -1.82. The van der Waals surface area contributed by atoms with Gasteiger partial charge in [0.2, 0.25) is 0 Å². The average Bonchev–Trinajstić information content (AvgIpc) is 2.46. The number of piperidine rings is 1. The van der Waals surface area contributed by atoms with Crippen LogP contribution in [0.25, 0.3) is 0 Å². The highest BCUT2D eigenvalue weighted by Crippen LogP contribution is 2.24. The van der Waals surface area contributed by atoms with Gasteiger partial charge in [-0.15, -0.1) is 0 Å². The van der Waals surface area contributed by atoms with E-state index in [4.69, 9.17) is 4.74 Å². The van der Waals surface area contributed by atoms with Gasteiger partial charge in [0.1, 0.15) is 11.4 Å². The molecule has 3 N–H and O–H groups in total. The van der Waals surface area contributed by atoms with E-state index in [2.05, 4.69) is 16.0 Å². The molecule has 0 aliphatic carbocycles. The monoisotopic (exact) mass is 323 g/mol. The van der Waals surface area contributed by atoms with Crippen molar-refractivity contribution in [1.29, 1.82) is 0 Å². The summed E-state index contributed by atoms with van der Waals surface area (Å²) in [7, 11) is 0. The molecule has 23 heavy (non-hydrogen) atoms.